The van der Waals surface area contributed by atoms with E-state index in [0.717, 1.165) is 6.42 Å². The van der Waals surface area contributed by atoms with Crippen LogP contribution in [0.2, 0.25) is 0 Å². The van der Waals surface area contributed by atoms with E-state index in [4.69, 9.17) is 9.47 Å². The molecule has 1 aliphatic rings. The van der Waals surface area contributed by atoms with Crippen molar-refractivity contribution in [3.8, 4) is 0 Å². The van der Waals surface area contributed by atoms with Crippen molar-refractivity contribution in [2.24, 2.45) is 5.92 Å². The smallest absolute Gasteiger partial charge is 0.224 e. The molecule has 1 aliphatic heterocycles. The highest BCUT2D eigenvalue weighted by Gasteiger charge is 2.23. The summed E-state index contributed by atoms with van der Waals surface area (Å²) in [6.45, 7) is 2.85. The fourth-order valence-corrected chi connectivity index (χ4v) is 1.73. The number of hydrogen-bond acceptors (Lipinski definition) is 4. The number of methoxy groups -OCH3 is 1. The molecule has 1 unspecified atom stereocenters. The van der Waals surface area contributed by atoms with E-state index in [1.165, 1.54) is 0 Å². The molecule has 6 nitrogen and oxygen atoms in total. The van der Waals surface area contributed by atoms with Gasteiger partial charge in [0.05, 0.1) is 19.1 Å². The molecule has 1 heterocycles. The van der Waals surface area contributed by atoms with Gasteiger partial charge in [0.25, 0.3) is 0 Å². The Labute approximate surface area is 107 Å². The van der Waals surface area contributed by atoms with Gasteiger partial charge in [0.15, 0.2) is 0 Å². The first kappa shape index (κ1) is 14.9. The van der Waals surface area contributed by atoms with Crippen LogP contribution in [-0.2, 0) is 19.1 Å². The second kappa shape index (κ2) is 8.88. The third-order valence-corrected chi connectivity index (χ3v) is 2.83. The van der Waals surface area contributed by atoms with E-state index in [-0.39, 0.29) is 17.7 Å². The number of nitrogens with one attached hydrogen (secondary N) is 2. The Morgan fingerprint density at radius 1 is 1.44 bits per heavy atom. The minimum Gasteiger partial charge on any atom is -0.382 e. The fourth-order valence-electron chi connectivity index (χ4n) is 1.73. The van der Waals surface area contributed by atoms with Crippen molar-refractivity contribution in [3.05, 3.63) is 0 Å². The molecule has 0 aliphatic carbocycles. The molecular weight excluding hydrogens is 236 g/mol. The van der Waals surface area contributed by atoms with Crippen molar-refractivity contribution >= 4 is 11.8 Å². The molecule has 1 saturated heterocycles. The summed E-state index contributed by atoms with van der Waals surface area (Å²) in [5.74, 6) is -0.0328. The monoisotopic (exact) mass is 258 g/mol. The summed E-state index contributed by atoms with van der Waals surface area (Å²) in [6.07, 6.45) is 1.87. The number of carbonyl (C=O) groups is 2. The molecule has 0 saturated carbocycles. The normalized spacial score (nSPS) is 19.4. The highest BCUT2D eigenvalue weighted by atomic mass is 16.5. The zero-order valence-corrected chi connectivity index (χ0v) is 10.9. The van der Waals surface area contributed by atoms with Gasteiger partial charge in [0, 0.05) is 33.2 Å². The van der Waals surface area contributed by atoms with Crippen LogP contribution in [0.1, 0.15) is 19.3 Å². The molecule has 104 valence electrons. The van der Waals surface area contributed by atoms with Crippen molar-refractivity contribution in [2.75, 3.05) is 40.0 Å². The van der Waals surface area contributed by atoms with Crippen LogP contribution in [0.25, 0.3) is 0 Å². The minimum absolute atomic E-state index is 0.0203. The van der Waals surface area contributed by atoms with Crippen LogP contribution in [0.5, 0.6) is 0 Å². The third-order valence-electron chi connectivity index (χ3n) is 2.83. The van der Waals surface area contributed by atoms with Gasteiger partial charge in [-0.05, 0) is 12.8 Å². The van der Waals surface area contributed by atoms with Gasteiger partial charge in [-0.1, -0.05) is 0 Å². The highest BCUT2D eigenvalue weighted by molar-refractivity contribution is 5.83. The lowest BCUT2D eigenvalue weighted by atomic mass is 9.98. The summed E-state index contributed by atoms with van der Waals surface area (Å²) >= 11 is 0. The van der Waals surface area contributed by atoms with Gasteiger partial charge in [0.1, 0.15) is 0 Å². The maximum Gasteiger partial charge on any atom is 0.224 e. The molecule has 0 radical (unpaired) electrons. The predicted octanol–water partition coefficient (Wildman–Crippen LogP) is -0.318. The lowest BCUT2D eigenvalue weighted by Gasteiger charge is -2.21. The van der Waals surface area contributed by atoms with Gasteiger partial charge in [-0.25, -0.2) is 0 Å². The maximum absolute atomic E-state index is 11.7. The van der Waals surface area contributed by atoms with E-state index in [9.17, 15) is 9.59 Å². The second-order valence-corrected chi connectivity index (χ2v) is 4.29. The summed E-state index contributed by atoms with van der Waals surface area (Å²) in [4.78, 5) is 22.7. The van der Waals surface area contributed by atoms with Crippen molar-refractivity contribution < 1.29 is 19.1 Å². The Balaban J connectivity index is 1.98. The lowest BCUT2D eigenvalue weighted by Crippen LogP contribution is -2.43. The zero-order valence-electron chi connectivity index (χ0n) is 10.9. The first-order valence-electron chi connectivity index (χ1n) is 6.35. The van der Waals surface area contributed by atoms with E-state index in [0.29, 0.717) is 45.8 Å². The molecule has 6 heteroatoms. The Bertz CT molecular complexity index is 261. The molecule has 18 heavy (non-hydrogen) atoms. The average molecular weight is 258 g/mol. The number of ether oxygens (including phenoxy) is 2. The van der Waals surface area contributed by atoms with Gasteiger partial charge in [-0.15, -0.1) is 0 Å². The summed E-state index contributed by atoms with van der Waals surface area (Å²) in [5.41, 5.74) is 0. The van der Waals surface area contributed by atoms with E-state index >= 15 is 0 Å². The van der Waals surface area contributed by atoms with Crippen molar-refractivity contribution in [1.29, 1.82) is 0 Å². The van der Waals surface area contributed by atoms with Gasteiger partial charge >= 0.3 is 0 Å². The number of carbonyl (C=O) groups excluding carboxylic acids is 2. The summed E-state index contributed by atoms with van der Waals surface area (Å²) in [7, 11) is 1.63. The fraction of sp³-hybridized carbons (Fsp3) is 0.833. The largest absolute Gasteiger partial charge is 0.382 e. The quantitative estimate of drug-likeness (QED) is 0.585. The van der Waals surface area contributed by atoms with Gasteiger partial charge in [0.2, 0.25) is 11.8 Å². The van der Waals surface area contributed by atoms with Crippen LogP contribution in [0.15, 0.2) is 0 Å². The molecule has 1 atom stereocenters. The predicted molar refractivity (Wildman–Crippen MR) is 66.1 cm³/mol. The first-order valence-corrected chi connectivity index (χ1v) is 6.35. The molecule has 1 rings (SSSR count). The van der Waals surface area contributed by atoms with Crippen LogP contribution in [0, 0.1) is 5.92 Å². The maximum atomic E-state index is 11.7. The molecule has 2 N–H and O–H groups in total. The van der Waals surface area contributed by atoms with Crippen LogP contribution < -0.4 is 10.6 Å². The van der Waals surface area contributed by atoms with Crippen molar-refractivity contribution in [1.82, 2.24) is 10.6 Å². The Morgan fingerprint density at radius 3 is 2.94 bits per heavy atom. The average Bonchev–Trinajstić information content (AvgIpc) is 2.38. The SMILES string of the molecule is COCCOCCCNC(=O)C1CCC(=O)NC1. The zero-order chi connectivity index (χ0) is 13.2. The Morgan fingerprint density at radius 2 is 2.28 bits per heavy atom. The topological polar surface area (TPSA) is 76.7 Å². The number of piperidine rings is 1. The lowest BCUT2D eigenvalue weighted by molar-refractivity contribution is -0.128. The minimum atomic E-state index is -0.0860. The van der Waals surface area contributed by atoms with Crippen LogP contribution in [0.4, 0.5) is 0 Å². The summed E-state index contributed by atoms with van der Waals surface area (Å²) in [6, 6.07) is 0. The Hall–Kier alpha value is -1.14. The molecule has 0 bridgehead atoms. The third kappa shape index (κ3) is 5.97. The van der Waals surface area contributed by atoms with Crippen LogP contribution >= 0.6 is 0 Å². The Kier molecular flexibility index (Phi) is 7.36. The molecule has 2 amide bonds. The highest BCUT2D eigenvalue weighted by Crippen LogP contribution is 2.10. The molecule has 0 aromatic heterocycles. The van der Waals surface area contributed by atoms with Gasteiger partial charge < -0.3 is 20.1 Å². The van der Waals surface area contributed by atoms with Gasteiger partial charge in [-0.2, -0.15) is 0 Å². The summed E-state index contributed by atoms with van der Waals surface area (Å²) < 4.78 is 10.1. The standard InChI is InChI=1S/C12H22N2O4/c1-17-7-8-18-6-2-5-13-12(16)10-3-4-11(15)14-9-10/h10H,2-9H2,1H3,(H,13,16)(H,14,15). The van der Waals surface area contributed by atoms with Crippen molar-refractivity contribution in [2.45, 2.75) is 19.3 Å². The number of amides is 2. The first-order chi connectivity index (χ1) is 8.74. The number of rotatable bonds is 8. The molecule has 0 aromatic carbocycles. The van der Waals surface area contributed by atoms with E-state index < -0.39 is 0 Å². The summed E-state index contributed by atoms with van der Waals surface area (Å²) in [5, 5.41) is 5.56. The molecule has 1 fully saturated rings. The van der Waals surface area contributed by atoms with E-state index in [1.807, 2.05) is 0 Å². The van der Waals surface area contributed by atoms with Crippen LogP contribution in [-0.4, -0.2) is 51.8 Å². The number of hydrogen-bond donors (Lipinski definition) is 2. The van der Waals surface area contributed by atoms with E-state index in [2.05, 4.69) is 10.6 Å². The van der Waals surface area contributed by atoms with E-state index in [1.54, 1.807) is 7.11 Å². The van der Waals surface area contributed by atoms with Crippen LogP contribution in [0.3, 0.4) is 0 Å². The van der Waals surface area contributed by atoms with Crippen molar-refractivity contribution in [3.63, 3.8) is 0 Å². The molecular formula is C12H22N2O4. The molecule has 0 aromatic rings. The molecule has 0 spiro atoms. The van der Waals surface area contributed by atoms with Gasteiger partial charge in [-0.3, -0.25) is 9.59 Å². The second-order valence-electron chi connectivity index (χ2n) is 4.29.